The number of carbonyl (C=O) groups is 1. The Morgan fingerprint density at radius 1 is 1.56 bits per heavy atom. The third-order valence-electron chi connectivity index (χ3n) is 2.55. The topological polar surface area (TPSA) is 72.9 Å². The summed E-state index contributed by atoms with van der Waals surface area (Å²) >= 11 is 0. The van der Waals surface area contributed by atoms with Gasteiger partial charge in [-0.1, -0.05) is 0 Å². The fourth-order valence-electron chi connectivity index (χ4n) is 1.50. The van der Waals surface area contributed by atoms with Gasteiger partial charge in [0.05, 0.1) is 18.4 Å². The minimum Gasteiger partial charge on any atom is -0.478 e. The van der Waals surface area contributed by atoms with E-state index in [-0.39, 0.29) is 5.56 Å². The number of carboxylic acids is 1. The number of carboxylic acid groups (broad SMARTS) is 1. The maximum atomic E-state index is 10.8. The average molecular weight is 220 g/mol. The molecule has 0 amide bonds. The predicted molar refractivity (Wildman–Crippen MR) is 56.2 cm³/mol. The van der Waals surface area contributed by atoms with Crippen molar-refractivity contribution in [2.24, 2.45) is 7.05 Å². The van der Waals surface area contributed by atoms with Gasteiger partial charge in [0.1, 0.15) is 11.4 Å². The van der Waals surface area contributed by atoms with Crippen LogP contribution in [0, 0.1) is 6.92 Å². The Balaban J connectivity index is 2.29. The minimum absolute atomic E-state index is 0.231. The van der Waals surface area contributed by atoms with Gasteiger partial charge in [-0.25, -0.2) is 9.78 Å². The van der Waals surface area contributed by atoms with E-state index in [2.05, 4.69) is 10.1 Å². The van der Waals surface area contributed by atoms with E-state index in [0.717, 1.165) is 5.82 Å². The largest absolute Gasteiger partial charge is 0.478 e. The molecule has 0 atom stereocenters. The van der Waals surface area contributed by atoms with Crippen molar-refractivity contribution in [1.29, 1.82) is 0 Å². The van der Waals surface area contributed by atoms with Gasteiger partial charge >= 0.3 is 5.97 Å². The molecule has 0 unspecified atom stereocenters. The zero-order valence-electron chi connectivity index (χ0n) is 9.08. The first-order chi connectivity index (χ1) is 7.59. The molecular formula is C10H12N4O2. The molecule has 2 heterocycles. The van der Waals surface area contributed by atoms with E-state index >= 15 is 0 Å². The molecule has 0 aliphatic rings. The molecular weight excluding hydrogens is 208 g/mol. The molecule has 6 nitrogen and oxygen atoms in total. The molecule has 0 aliphatic carbocycles. The van der Waals surface area contributed by atoms with Gasteiger partial charge in [0.25, 0.3) is 0 Å². The van der Waals surface area contributed by atoms with Gasteiger partial charge in [-0.2, -0.15) is 5.10 Å². The lowest BCUT2D eigenvalue weighted by molar-refractivity contribution is 0.0696. The molecule has 0 aliphatic heterocycles. The lowest BCUT2D eigenvalue weighted by Crippen LogP contribution is -2.09. The Labute approximate surface area is 92.2 Å². The highest BCUT2D eigenvalue weighted by molar-refractivity contribution is 5.88. The van der Waals surface area contributed by atoms with Crippen LogP contribution in [0.25, 0.3) is 0 Å². The summed E-state index contributed by atoms with van der Waals surface area (Å²) in [4.78, 5) is 15.0. The second-order valence-electron chi connectivity index (χ2n) is 3.56. The summed E-state index contributed by atoms with van der Waals surface area (Å²) in [5.74, 6) is -0.119. The third-order valence-corrected chi connectivity index (χ3v) is 2.55. The minimum atomic E-state index is -0.955. The Hall–Kier alpha value is -2.11. The Morgan fingerprint density at radius 2 is 2.31 bits per heavy atom. The zero-order chi connectivity index (χ0) is 11.7. The van der Waals surface area contributed by atoms with Gasteiger partial charge in [-0.3, -0.25) is 4.68 Å². The van der Waals surface area contributed by atoms with Crippen molar-refractivity contribution in [3.8, 4) is 0 Å². The van der Waals surface area contributed by atoms with Crippen LogP contribution in [0.2, 0.25) is 0 Å². The molecule has 0 saturated heterocycles. The van der Waals surface area contributed by atoms with E-state index in [9.17, 15) is 4.79 Å². The Kier molecular flexibility index (Phi) is 2.47. The van der Waals surface area contributed by atoms with Gasteiger partial charge in [-0.05, 0) is 6.92 Å². The SMILES string of the molecule is Cc1c(C(=O)O)cnn1Cc1nccn1C. The van der Waals surface area contributed by atoms with E-state index in [1.165, 1.54) is 6.20 Å². The van der Waals surface area contributed by atoms with Crippen molar-refractivity contribution >= 4 is 5.97 Å². The smallest absolute Gasteiger partial charge is 0.339 e. The van der Waals surface area contributed by atoms with Crippen LogP contribution in [0.15, 0.2) is 18.6 Å². The molecule has 0 saturated carbocycles. The van der Waals surface area contributed by atoms with Crippen molar-refractivity contribution in [3.05, 3.63) is 35.7 Å². The lowest BCUT2D eigenvalue weighted by Gasteiger charge is -2.04. The number of hydrogen-bond acceptors (Lipinski definition) is 3. The summed E-state index contributed by atoms with van der Waals surface area (Å²) < 4.78 is 3.51. The quantitative estimate of drug-likeness (QED) is 0.825. The normalized spacial score (nSPS) is 10.6. The van der Waals surface area contributed by atoms with Crippen LogP contribution in [-0.4, -0.2) is 30.4 Å². The number of rotatable bonds is 3. The average Bonchev–Trinajstić information content (AvgIpc) is 2.76. The summed E-state index contributed by atoms with van der Waals surface area (Å²) in [5, 5.41) is 12.9. The number of hydrogen-bond donors (Lipinski definition) is 1. The number of imidazole rings is 1. The fourth-order valence-corrected chi connectivity index (χ4v) is 1.50. The van der Waals surface area contributed by atoms with E-state index < -0.39 is 5.97 Å². The molecule has 0 bridgehead atoms. The lowest BCUT2D eigenvalue weighted by atomic mass is 10.3. The molecule has 6 heteroatoms. The number of aromatic nitrogens is 4. The van der Waals surface area contributed by atoms with E-state index in [1.807, 2.05) is 17.8 Å². The van der Waals surface area contributed by atoms with Crippen LogP contribution in [0.1, 0.15) is 21.9 Å². The summed E-state index contributed by atoms with van der Waals surface area (Å²) in [6, 6.07) is 0. The molecule has 16 heavy (non-hydrogen) atoms. The van der Waals surface area contributed by atoms with Crippen molar-refractivity contribution in [2.75, 3.05) is 0 Å². The molecule has 1 N–H and O–H groups in total. The maximum absolute atomic E-state index is 10.8. The number of aromatic carboxylic acids is 1. The first-order valence-electron chi connectivity index (χ1n) is 4.81. The monoisotopic (exact) mass is 220 g/mol. The van der Waals surface area contributed by atoms with Crippen LogP contribution in [0.5, 0.6) is 0 Å². The predicted octanol–water partition coefficient (Wildman–Crippen LogP) is 0.672. The van der Waals surface area contributed by atoms with Crippen molar-refractivity contribution < 1.29 is 9.90 Å². The van der Waals surface area contributed by atoms with Crippen LogP contribution < -0.4 is 0 Å². The third kappa shape index (κ3) is 1.69. The molecule has 2 aromatic heterocycles. The van der Waals surface area contributed by atoms with Crippen molar-refractivity contribution in [3.63, 3.8) is 0 Å². The van der Waals surface area contributed by atoms with Crippen molar-refractivity contribution in [1.82, 2.24) is 19.3 Å². The molecule has 84 valence electrons. The molecule has 0 spiro atoms. The summed E-state index contributed by atoms with van der Waals surface area (Å²) in [6.07, 6.45) is 4.90. The van der Waals surface area contributed by atoms with E-state index in [4.69, 9.17) is 5.11 Å². The first-order valence-corrected chi connectivity index (χ1v) is 4.81. The van der Waals surface area contributed by atoms with Crippen LogP contribution in [-0.2, 0) is 13.6 Å². The summed E-state index contributed by atoms with van der Waals surface area (Å²) in [7, 11) is 1.89. The van der Waals surface area contributed by atoms with Gasteiger partial charge in [0.15, 0.2) is 0 Å². The van der Waals surface area contributed by atoms with Crippen LogP contribution >= 0.6 is 0 Å². The van der Waals surface area contributed by atoms with Gasteiger partial charge in [-0.15, -0.1) is 0 Å². The van der Waals surface area contributed by atoms with E-state index in [1.54, 1.807) is 17.8 Å². The van der Waals surface area contributed by atoms with Crippen molar-refractivity contribution in [2.45, 2.75) is 13.5 Å². The standard InChI is InChI=1S/C10H12N4O2/c1-7-8(10(15)16)5-12-14(7)6-9-11-3-4-13(9)2/h3-5H,6H2,1-2H3,(H,15,16). The van der Waals surface area contributed by atoms with E-state index in [0.29, 0.717) is 12.2 Å². The highest BCUT2D eigenvalue weighted by atomic mass is 16.4. The summed E-state index contributed by atoms with van der Waals surface area (Å²) in [5.41, 5.74) is 0.865. The Bertz CT molecular complexity index is 527. The second kappa shape index (κ2) is 3.80. The number of nitrogens with zero attached hydrogens (tertiary/aromatic N) is 4. The maximum Gasteiger partial charge on any atom is 0.339 e. The molecule has 0 fully saturated rings. The molecule has 0 radical (unpaired) electrons. The van der Waals surface area contributed by atoms with Gasteiger partial charge in [0, 0.05) is 19.4 Å². The highest BCUT2D eigenvalue weighted by Crippen LogP contribution is 2.08. The Morgan fingerprint density at radius 3 is 2.81 bits per heavy atom. The molecule has 2 rings (SSSR count). The molecule has 2 aromatic rings. The second-order valence-corrected chi connectivity index (χ2v) is 3.56. The highest BCUT2D eigenvalue weighted by Gasteiger charge is 2.13. The van der Waals surface area contributed by atoms with Crippen LogP contribution in [0.4, 0.5) is 0 Å². The fraction of sp³-hybridized carbons (Fsp3) is 0.300. The first kappa shape index (κ1) is 10.4. The summed E-state index contributed by atoms with van der Waals surface area (Å²) in [6.45, 7) is 2.21. The van der Waals surface area contributed by atoms with Gasteiger partial charge < -0.3 is 9.67 Å². The zero-order valence-corrected chi connectivity index (χ0v) is 9.08. The van der Waals surface area contributed by atoms with Gasteiger partial charge in [0.2, 0.25) is 0 Å². The molecule has 0 aromatic carbocycles. The van der Waals surface area contributed by atoms with Crippen LogP contribution in [0.3, 0.4) is 0 Å². The number of aryl methyl sites for hydroxylation is 1.